The molecule has 1 saturated carbocycles. The SMILES string of the molecule is CN=C(NCCNC(=O)C1CCCCC1)NCc1ccc(C)cc1OCCOC. The molecule has 0 atom stereocenters. The number of aryl methyl sites for hydroxylation is 1. The first-order valence-corrected chi connectivity index (χ1v) is 10.6. The average molecular weight is 405 g/mol. The molecule has 1 aliphatic carbocycles. The molecule has 1 aromatic carbocycles. The monoisotopic (exact) mass is 404 g/mol. The number of hydrogen-bond donors (Lipinski definition) is 3. The zero-order valence-electron chi connectivity index (χ0n) is 18.1. The summed E-state index contributed by atoms with van der Waals surface area (Å²) in [6, 6.07) is 6.16. The van der Waals surface area contributed by atoms with Gasteiger partial charge in [0.1, 0.15) is 12.4 Å². The first kappa shape index (κ1) is 23.0. The van der Waals surface area contributed by atoms with E-state index in [-0.39, 0.29) is 11.8 Å². The van der Waals surface area contributed by atoms with Crippen LogP contribution in [0.2, 0.25) is 0 Å². The molecular formula is C22H36N4O3. The lowest BCUT2D eigenvalue weighted by Crippen LogP contribution is -2.42. The van der Waals surface area contributed by atoms with Gasteiger partial charge >= 0.3 is 0 Å². The van der Waals surface area contributed by atoms with Crippen molar-refractivity contribution in [1.29, 1.82) is 0 Å². The molecule has 2 rings (SSSR count). The lowest BCUT2D eigenvalue weighted by atomic mass is 9.89. The first-order chi connectivity index (χ1) is 14.1. The minimum Gasteiger partial charge on any atom is -0.491 e. The third-order valence-electron chi connectivity index (χ3n) is 5.13. The van der Waals surface area contributed by atoms with Gasteiger partial charge in [0.05, 0.1) is 6.61 Å². The summed E-state index contributed by atoms with van der Waals surface area (Å²) < 4.78 is 10.9. The number of benzene rings is 1. The van der Waals surface area contributed by atoms with Crippen molar-refractivity contribution < 1.29 is 14.3 Å². The Morgan fingerprint density at radius 2 is 1.86 bits per heavy atom. The van der Waals surface area contributed by atoms with E-state index in [1.165, 1.54) is 19.3 Å². The van der Waals surface area contributed by atoms with E-state index in [2.05, 4.69) is 33.1 Å². The highest BCUT2D eigenvalue weighted by Gasteiger charge is 2.20. The normalized spacial score (nSPS) is 15.1. The second-order valence-electron chi connectivity index (χ2n) is 7.43. The van der Waals surface area contributed by atoms with Crippen molar-refractivity contribution in [3.05, 3.63) is 29.3 Å². The topological polar surface area (TPSA) is 84.0 Å². The summed E-state index contributed by atoms with van der Waals surface area (Å²) >= 11 is 0. The van der Waals surface area contributed by atoms with Gasteiger partial charge in [-0.25, -0.2) is 0 Å². The van der Waals surface area contributed by atoms with Crippen molar-refractivity contribution in [3.8, 4) is 5.75 Å². The van der Waals surface area contributed by atoms with Gasteiger partial charge in [-0.1, -0.05) is 31.4 Å². The van der Waals surface area contributed by atoms with Crippen LogP contribution in [0.25, 0.3) is 0 Å². The van der Waals surface area contributed by atoms with E-state index in [9.17, 15) is 4.79 Å². The Balaban J connectivity index is 1.73. The third kappa shape index (κ3) is 8.31. The minimum atomic E-state index is 0.187. The quantitative estimate of drug-likeness (QED) is 0.317. The Hall–Kier alpha value is -2.28. The predicted molar refractivity (Wildman–Crippen MR) is 116 cm³/mol. The van der Waals surface area contributed by atoms with Crippen LogP contribution in [-0.2, 0) is 16.1 Å². The number of rotatable bonds is 10. The van der Waals surface area contributed by atoms with Gasteiger partial charge in [0, 0.05) is 45.3 Å². The zero-order chi connectivity index (χ0) is 20.9. The van der Waals surface area contributed by atoms with E-state index in [1.807, 2.05) is 13.0 Å². The fraction of sp³-hybridized carbons (Fsp3) is 0.636. The van der Waals surface area contributed by atoms with Crippen LogP contribution < -0.4 is 20.7 Å². The zero-order valence-corrected chi connectivity index (χ0v) is 18.1. The van der Waals surface area contributed by atoms with Crippen molar-refractivity contribution in [2.45, 2.75) is 45.6 Å². The molecule has 1 aliphatic rings. The highest BCUT2D eigenvalue weighted by atomic mass is 16.5. The highest BCUT2D eigenvalue weighted by Crippen LogP contribution is 2.23. The molecule has 162 valence electrons. The summed E-state index contributed by atoms with van der Waals surface area (Å²) in [5.41, 5.74) is 2.21. The average Bonchev–Trinajstić information content (AvgIpc) is 2.75. The molecule has 0 saturated heterocycles. The van der Waals surface area contributed by atoms with E-state index in [0.717, 1.165) is 29.7 Å². The number of guanidine groups is 1. The predicted octanol–water partition coefficient (Wildman–Crippen LogP) is 2.38. The molecule has 0 unspecified atom stereocenters. The number of carbonyl (C=O) groups is 1. The third-order valence-corrected chi connectivity index (χ3v) is 5.13. The molecule has 0 bridgehead atoms. The minimum absolute atomic E-state index is 0.187. The van der Waals surface area contributed by atoms with Crippen LogP contribution in [-0.4, -0.2) is 52.3 Å². The Labute approximate surface area is 174 Å². The van der Waals surface area contributed by atoms with Gasteiger partial charge < -0.3 is 25.4 Å². The van der Waals surface area contributed by atoms with Gasteiger partial charge in [-0.3, -0.25) is 9.79 Å². The number of hydrogen-bond acceptors (Lipinski definition) is 4. The fourth-order valence-corrected chi connectivity index (χ4v) is 3.45. The molecule has 1 aromatic rings. The molecule has 0 aromatic heterocycles. The van der Waals surface area contributed by atoms with Crippen LogP contribution in [0, 0.1) is 12.8 Å². The summed E-state index contributed by atoms with van der Waals surface area (Å²) in [6.07, 6.45) is 5.64. The second kappa shape index (κ2) is 13.0. The van der Waals surface area contributed by atoms with Gasteiger partial charge in [-0.15, -0.1) is 0 Å². The van der Waals surface area contributed by atoms with Crippen LogP contribution in [0.15, 0.2) is 23.2 Å². The summed E-state index contributed by atoms with van der Waals surface area (Å²) in [7, 11) is 3.40. The molecule has 3 N–H and O–H groups in total. The number of nitrogens with zero attached hydrogens (tertiary/aromatic N) is 1. The smallest absolute Gasteiger partial charge is 0.223 e. The van der Waals surface area contributed by atoms with Crippen LogP contribution >= 0.6 is 0 Å². The van der Waals surface area contributed by atoms with Gasteiger partial charge in [0.2, 0.25) is 5.91 Å². The van der Waals surface area contributed by atoms with Crippen molar-refractivity contribution in [2.24, 2.45) is 10.9 Å². The number of nitrogens with one attached hydrogen (secondary N) is 3. The Morgan fingerprint density at radius 3 is 2.59 bits per heavy atom. The molecular weight excluding hydrogens is 368 g/mol. The number of methoxy groups -OCH3 is 1. The summed E-state index contributed by atoms with van der Waals surface area (Å²) in [6.45, 7) is 4.92. The number of amides is 1. The molecule has 29 heavy (non-hydrogen) atoms. The van der Waals surface area contributed by atoms with Crippen LogP contribution in [0.3, 0.4) is 0 Å². The summed E-state index contributed by atoms with van der Waals surface area (Å²) in [4.78, 5) is 16.4. The standard InChI is InChI=1S/C22H36N4O3/c1-17-9-10-19(20(15-17)29-14-13-28-3)16-26-22(23-2)25-12-11-24-21(27)18-7-5-4-6-8-18/h9-10,15,18H,4-8,11-14,16H2,1-3H3,(H,24,27)(H2,23,25,26). The van der Waals surface area contributed by atoms with Crippen LogP contribution in [0.5, 0.6) is 5.75 Å². The lowest BCUT2D eigenvalue weighted by molar-refractivity contribution is -0.125. The van der Waals surface area contributed by atoms with E-state index < -0.39 is 0 Å². The van der Waals surface area contributed by atoms with Gasteiger partial charge in [-0.2, -0.15) is 0 Å². The molecule has 1 fully saturated rings. The number of ether oxygens (including phenoxy) is 2. The van der Waals surface area contributed by atoms with Crippen molar-refractivity contribution >= 4 is 11.9 Å². The van der Waals surface area contributed by atoms with Crippen LogP contribution in [0.1, 0.15) is 43.2 Å². The Kier molecular flexibility index (Phi) is 10.3. The van der Waals surface area contributed by atoms with Crippen molar-refractivity contribution in [1.82, 2.24) is 16.0 Å². The van der Waals surface area contributed by atoms with Crippen molar-refractivity contribution in [3.63, 3.8) is 0 Å². The van der Waals surface area contributed by atoms with Gasteiger partial charge in [0.25, 0.3) is 0 Å². The van der Waals surface area contributed by atoms with Gasteiger partial charge in [0.15, 0.2) is 5.96 Å². The maximum Gasteiger partial charge on any atom is 0.223 e. The van der Waals surface area contributed by atoms with Crippen molar-refractivity contribution in [2.75, 3.05) is 40.5 Å². The molecule has 1 amide bonds. The number of carbonyl (C=O) groups excluding carboxylic acids is 1. The Bertz CT molecular complexity index is 657. The van der Waals surface area contributed by atoms with Gasteiger partial charge in [-0.05, 0) is 31.4 Å². The molecule has 0 aliphatic heterocycles. The largest absolute Gasteiger partial charge is 0.491 e. The lowest BCUT2D eigenvalue weighted by Gasteiger charge is -2.21. The van der Waals surface area contributed by atoms with E-state index >= 15 is 0 Å². The number of aliphatic imine (C=N–C) groups is 1. The molecule has 7 heteroatoms. The maximum absolute atomic E-state index is 12.2. The molecule has 0 heterocycles. The Morgan fingerprint density at radius 1 is 1.10 bits per heavy atom. The van der Waals surface area contributed by atoms with E-state index in [4.69, 9.17) is 9.47 Å². The fourth-order valence-electron chi connectivity index (χ4n) is 3.45. The summed E-state index contributed by atoms with van der Waals surface area (Å²) in [5.74, 6) is 1.93. The second-order valence-corrected chi connectivity index (χ2v) is 7.43. The molecule has 0 radical (unpaired) electrons. The summed E-state index contributed by atoms with van der Waals surface area (Å²) in [5, 5.41) is 9.58. The van der Waals surface area contributed by atoms with E-state index in [1.54, 1.807) is 14.2 Å². The van der Waals surface area contributed by atoms with Crippen LogP contribution in [0.4, 0.5) is 0 Å². The first-order valence-electron chi connectivity index (χ1n) is 10.6. The van der Waals surface area contributed by atoms with E-state index in [0.29, 0.717) is 38.8 Å². The highest BCUT2D eigenvalue weighted by molar-refractivity contribution is 5.80. The maximum atomic E-state index is 12.2. The molecule has 0 spiro atoms. The molecule has 7 nitrogen and oxygen atoms in total.